The predicted molar refractivity (Wildman–Crippen MR) is 72.8 cm³/mol. The first-order valence-electron chi connectivity index (χ1n) is 6.64. The van der Waals surface area contributed by atoms with Crippen molar-refractivity contribution in [2.45, 2.75) is 46.1 Å². The molecular weight excluding hydrogens is 242 g/mol. The molecule has 0 saturated heterocycles. The van der Waals surface area contributed by atoms with Crippen LogP contribution in [-0.4, -0.2) is 22.3 Å². The molecule has 0 bridgehead atoms. The third-order valence-electron chi connectivity index (χ3n) is 2.68. The number of hydrogen-bond donors (Lipinski definition) is 1. The van der Waals surface area contributed by atoms with Crippen molar-refractivity contribution >= 4 is 0 Å². The van der Waals surface area contributed by atoms with Gasteiger partial charge in [-0.15, -0.1) is 10.2 Å². The summed E-state index contributed by atoms with van der Waals surface area (Å²) in [6.07, 6.45) is 1.57. The summed E-state index contributed by atoms with van der Waals surface area (Å²) >= 11 is 0. The van der Waals surface area contributed by atoms with Crippen molar-refractivity contribution in [1.82, 2.24) is 15.5 Å². The highest BCUT2D eigenvalue weighted by Gasteiger charge is 2.13. The zero-order chi connectivity index (χ0) is 13.9. The van der Waals surface area contributed by atoms with Gasteiger partial charge in [-0.2, -0.15) is 0 Å². The Balaban J connectivity index is 1.95. The maximum Gasteiger partial charge on any atom is 0.283 e. The first-order chi connectivity index (χ1) is 8.98. The van der Waals surface area contributed by atoms with Crippen LogP contribution in [0.1, 0.15) is 39.3 Å². The largest absolute Gasteiger partial charge is 0.456 e. The molecule has 5 nitrogen and oxygen atoms in total. The van der Waals surface area contributed by atoms with Gasteiger partial charge in [0.1, 0.15) is 5.76 Å². The fourth-order valence-electron chi connectivity index (χ4n) is 1.68. The van der Waals surface area contributed by atoms with Crippen molar-refractivity contribution in [3.63, 3.8) is 0 Å². The summed E-state index contributed by atoms with van der Waals surface area (Å²) in [5.74, 6) is 2.63. The van der Waals surface area contributed by atoms with E-state index in [1.54, 1.807) is 0 Å². The van der Waals surface area contributed by atoms with Gasteiger partial charge < -0.3 is 14.2 Å². The number of hydrogen-bond acceptors (Lipinski definition) is 5. The van der Waals surface area contributed by atoms with E-state index in [1.807, 2.05) is 19.1 Å². The van der Waals surface area contributed by atoms with E-state index < -0.39 is 0 Å². The van der Waals surface area contributed by atoms with Gasteiger partial charge in [-0.1, -0.05) is 6.92 Å². The van der Waals surface area contributed by atoms with Gasteiger partial charge in [0.15, 0.2) is 5.76 Å². The molecule has 0 unspecified atom stereocenters. The number of rotatable bonds is 5. The number of furan rings is 1. The lowest BCUT2D eigenvalue weighted by Gasteiger charge is -2.19. The molecule has 0 aliphatic carbocycles. The molecule has 1 N–H and O–H groups in total. The summed E-state index contributed by atoms with van der Waals surface area (Å²) in [5.41, 5.74) is 0.0971. The molecule has 19 heavy (non-hydrogen) atoms. The molecular formula is C14H21N3O2. The van der Waals surface area contributed by atoms with Gasteiger partial charge in [-0.25, -0.2) is 0 Å². The second-order valence-corrected chi connectivity index (χ2v) is 5.55. The minimum Gasteiger partial charge on any atom is -0.456 e. The van der Waals surface area contributed by atoms with Crippen LogP contribution in [0, 0.1) is 0 Å². The topological polar surface area (TPSA) is 64.1 Å². The molecule has 2 aromatic heterocycles. The number of nitrogens with one attached hydrogen (secondary N) is 1. The maximum atomic E-state index is 5.59. The van der Waals surface area contributed by atoms with Crippen LogP contribution in [0.5, 0.6) is 0 Å². The molecule has 0 saturated carbocycles. The van der Waals surface area contributed by atoms with Gasteiger partial charge in [0.2, 0.25) is 5.89 Å². The molecule has 2 aromatic rings. The Morgan fingerprint density at radius 1 is 1.16 bits per heavy atom. The molecule has 0 spiro atoms. The highest BCUT2D eigenvalue weighted by atomic mass is 16.4. The zero-order valence-corrected chi connectivity index (χ0v) is 12.0. The fourth-order valence-corrected chi connectivity index (χ4v) is 1.68. The van der Waals surface area contributed by atoms with E-state index in [-0.39, 0.29) is 5.54 Å². The fraction of sp³-hybridized carbons (Fsp3) is 0.571. The van der Waals surface area contributed by atoms with E-state index in [0.717, 1.165) is 18.7 Å². The summed E-state index contributed by atoms with van der Waals surface area (Å²) in [5, 5.41) is 11.4. The van der Waals surface area contributed by atoms with Gasteiger partial charge in [0.25, 0.3) is 5.89 Å². The standard InChI is InChI=1S/C14H21N3O2/c1-5-10-6-7-11(18-10)13-17-16-12(19-13)8-9-15-14(2,3)4/h6-7,15H,5,8-9H2,1-4H3. The van der Waals surface area contributed by atoms with Crippen molar-refractivity contribution < 1.29 is 8.83 Å². The van der Waals surface area contributed by atoms with Crippen molar-refractivity contribution in [3.05, 3.63) is 23.8 Å². The van der Waals surface area contributed by atoms with Gasteiger partial charge in [-0.05, 0) is 32.9 Å². The Morgan fingerprint density at radius 2 is 1.95 bits per heavy atom. The normalized spacial score (nSPS) is 12.0. The van der Waals surface area contributed by atoms with Crippen LogP contribution in [0.2, 0.25) is 0 Å². The monoisotopic (exact) mass is 263 g/mol. The van der Waals surface area contributed by atoms with E-state index in [9.17, 15) is 0 Å². The van der Waals surface area contributed by atoms with E-state index in [2.05, 4.69) is 36.3 Å². The highest BCUT2D eigenvalue weighted by Crippen LogP contribution is 2.21. The smallest absolute Gasteiger partial charge is 0.283 e. The van der Waals surface area contributed by atoms with Crippen LogP contribution < -0.4 is 5.32 Å². The second-order valence-electron chi connectivity index (χ2n) is 5.55. The Kier molecular flexibility index (Phi) is 4.04. The highest BCUT2D eigenvalue weighted by molar-refractivity contribution is 5.43. The van der Waals surface area contributed by atoms with Crippen LogP contribution in [0.15, 0.2) is 21.0 Å². The molecule has 0 aromatic carbocycles. The van der Waals surface area contributed by atoms with Gasteiger partial charge >= 0.3 is 0 Å². The molecule has 0 fully saturated rings. The van der Waals surface area contributed by atoms with Crippen LogP contribution in [0.3, 0.4) is 0 Å². The van der Waals surface area contributed by atoms with Crippen molar-refractivity contribution in [2.24, 2.45) is 0 Å². The molecule has 5 heteroatoms. The van der Waals surface area contributed by atoms with E-state index in [0.29, 0.717) is 24.0 Å². The van der Waals surface area contributed by atoms with Crippen molar-refractivity contribution in [2.75, 3.05) is 6.54 Å². The Bertz CT molecular complexity index is 523. The van der Waals surface area contributed by atoms with Gasteiger partial charge in [0, 0.05) is 24.9 Å². The first-order valence-corrected chi connectivity index (χ1v) is 6.64. The van der Waals surface area contributed by atoms with E-state index in [1.165, 1.54) is 0 Å². The summed E-state index contributed by atoms with van der Waals surface area (Å²) in [7, 11) is 0. The average Bonchev–Trinajstić information content (AvgIpc) is 2.94. The Hall–Kier alpha value is -1.62. The summed E-state index contributed by atoms with van der Waals surface area (Å²) in [6, 6.07) is 3.80. The number of aromatic nitrogens is 2. The number of aryl methyl sites for hydroxylation is 1. The molecule has 104 valence electrons. The molecule has 0 aliphatic heterocycles. The Morgan fingerprint density at radius 3 is 2.58 bits per heavy atom. The SMILES string of the molecule is CCc1ccc(-c2nnc(CCNC(C)(C)C)o2)o1. The lowest BCUT2D eigenvalue weighted by Crippen LogP contribution is -2.37. The van der Waals surface area contributed by atoms with E-state index >= 15 is 0 Å². The molecule has 2 heterocycles. The summed E-state index contributed by atoms with van der Waals surface area (Å²) in [6.45, 7) is 9.23. The van der Waals surface area contributed by atoms with Crippen LogP contribution in [-0.2, 0) is 12.8 Å². The quantitative estimate of drug-likeness (QED) is 0.898. The molecule has 0 radical (unpaired) electrons. The predicted octanol–water partition coefficient (Wildman–Crippen LogP) is 2.82. The average molecular weight is 263 g/mol. The summed E-state index contributed by atoms with van der Waals surface area (Å²) < 4.78 is 11.2. The van der Waals surface area contributed by atoms with Crippen molar-refractivity contribution in [1.29, 1.82) is 0 Å². The van der Waals surface area contributed by atoms with Crippen LogP contribution in [0.25, 0.3) is 11.7 Å². The van der Waals surface area contributed by atoms with Crippen molar-refractivity contribution in [3.8, 4) is 11.7 Å². The molecule has 0 amide bonds. The zero-order valence-electron chi connectivity index (χ0n) is 12.0. The molecule has 2 rings (SSSR count). The molecule has 0 atom stereocenters. The number of nitrogens with zero attached hydrogens (tertiary/aromatic N) is 2. The lowest BCUT2D eigenvalue weighted by atomic mass is 10.1. The third kappa shape index (κ3) is 3.92. The van der Waals surface area contributed by atoms with Crippen LogP contribution >= 0.6 is 0 Å². The minimum atomic E-state index is 0.0971. The first kappa shape index (κ1) is 13.8. The molecule has 0 aliphatic rings. The second kappa shape index (κ2) is 5.57. The maximum absolute atomic E-state index is 5.59. The van der Waals surface area contributed by atoms with E-state index in [4.69, 9.17) is 8.83 Å². The lowest BCUT2D eigenvalue weighted by molar-refractivity contribution is 0.409. The third-order valence-corrected chi connectivity index (χ3v) is 2.68. The Labute approximate surface area is 113 Å². The van der Waals surface area contributed by atoms with Gasteiger partial charge in [-0.3, -0.25) is 0 Å². The summed E-state index contributed by atoms with van der Waals surface area (Å²) in [4.78, 5) is 0. The minimum absolute atomic E-state index is 0.0971. The van der Waals surface area contributed by atoms with Crippen LogP contribution in [0.4, 0.5) is 0 Å². The van der Waals surface area contributed by atoms with Gasteiger partial charge in [0.05, 0.1) is 0 Å².